The second kappa shape index (κ2) is 10.9. The van der Waals surface area contributed by atoms with E-state index in [1.54, 1.807) is 36.4 Å². The third kappa shape index (κ3) is 7.28. The molecule has 0 aromatic heterocycles. The maximum Gasteiger partial charge on any atom is 0.243 e. The van der Waals surface area contributed by atoms with Gasteiger partial charge in [-0.05, 0) is 57.0 Å². The van der Waals surface area contributed by atoms with Crippen LogP contribution >= 0.6 is 46.4 Å². The molecule has 1 atom stereocenters. The van der Waals surface area contributed by atoms with E-state index >= 15 is 0 Å². The summed E-state index contributed by atoms with van der Waals surface area (Å²) in [5.74, 6) is -0.481. The molecule has 0 saturated heterocycles. The quantitative estimate of drug-likeness (QED) is 0.464. The second-order valence-corrected chi connectivity index (χ2v) is 9.94. The molecule has 2 aromatic rings. The number of hydrogen-bond donors (Lipinski definition) is 1. The number of carbonyl (C=O) groups excluding carboxylic acids is 2. The van der Waals surface area contributed by atoms with Crippen molar-refractivity contribution in [1.29, 1.82) is 0 Å². The van der Waals surface area contributed by atoms with Gasteiger partial charge in [0.15, 0.2) is 0 Å². The Morgan fingerprint density at radius 3 is 2.10 bits per heavy atom. The number of amides is 2. The molecule has 0 aliphatic heterocycles. The van der Waals surface area contributed by atoms with Crippen LogP contribution < -0.4 is 5.32 Å². The van der Waals surface area contributed by atoms with Gasteiger partial charge in [-0.25, -0.2) is 0 Å². The van der Waals surface area contributed by atoms with Crippen molar-refractivity contribution in [3.05, 3.63) is 67.6 Å². The Hall–Kier alpha value is -1.46. The predicted octanol–water partition coefficient (Wildman–Crippen LogP) is 6.56. The maximum atomic E-state index is 13.4. The lowest BCUT2D eigenvalue weighted by Crippen LogP contribution is -2.53. The molecule has 168 valence electrons. The molecule has 0 bridgehead atoms. The van der Waals surface area contributed by atoms with Crippen molar-refractivity contribution >= 4 is 58.2 Å². The van der Waals surface area contributed by atoms with Gasteiger partial charge < -0.3 is 10.2 Å². The second-order valence-electron chi connectivity index (χ2n) is 8.31. The molecule has 4 nitrogen and oxygen atoms in total. The lowest BCUT2D eigenvalue weighted by molar-refractivity contribution is -0.141. The van der Waals surface area contributed by atoms with Gasteiger partial charge in [-0.15, -0.1) is 0 Å². The van der Waals surface area contributed by atoms with Gasteiger partial charge in [0, 0.05) is 27.7 Å². The molecule has 2 amide bonds. The van der Waals surface area contributed by atoms with Crippen molar-refractivity contribution < 1.29 is 9.59 Å². The third-order valence-electron chi connectivity index (χ3n) is 4.61. The van der Waals surface area contributed by atoms with E-state index in [0.29, 0.717) is 37.6 Å². The maximum absolute atomic E-state index is 13.4. The van der Waals surface area contributed by atoms with Crippen LogP contribution in [0.3, 0.4) is 0 Å². The molecule has 1 N–H and O–H groups in total. The van der Waals surface area contributed by atoms with Gasteiger partial charge in [0.25, 0.3) is 0 Å². The van der Waals surface area contributed by atoms with E-state index in [1.807, 2.05) is 27.7 Å². The molecule has 0 aliphatic carbocycles. The van der Waals surface area contributed by atoms with Gasteiger partial charge in [-0.1, -0.05) is 65.5 Å². The first-order chi connectivity index (χ1) is 14.4. The van der Waals surface area contributed by atoms with E-state index in [9.17, 15) is 9.59 Å². The standard InChI is InChI=1S/C23H26Cl4N2O2/c1-5-20(22(31)28-23(2,3)4)29(13-15-16(24)7-6-8-17(15)25)21(30)12-14-9-10-18(26)19(27)11-14/h6-11,20H,5,12-13H2,1-4H3,(H,28,31)/t20-/m0/s1. The highest BCUT2D eigenvalue weighted by atomic mass is 35.5. The SMILES string of the molecule is CC[C@@H](C(=O)NC(C)(C)C)N(Cc1c(Cl)cccc1Cl)C(=O)Cc1ccc(Cl)c(Cl)c1. The van der Waals surface area contributed by atoms with Crippen molar-refractivity contribution in [1.82, 2.24) is 10.2 Å². The Kier molecular flexibility index (Phi) is 9.08. The first-order valence-electron chi connectivity index (χ1n) is 9.91. The highest BCUT2D eigenvalue weighted by Crippen LogP contribution is 2.28. The van der Waals surface area contributed by atoms with Crippen LogP contribution in [0.4, 0.5) is 0 Å². The van der Waals surface area contributed by atoms with E-state index in [4.69, 9.17) is 46.4 Å². The number of carbonyl (C=O) groups is 2. The van der Waals surface area contributed by atoms with E-state index in [-0.39, 0.29) is 24.8 Å². The van der Waals surface area contributed by atoms with Crippen LogP contribution in [0.1, 0.15) is 45.2 Å². The van der Waals surface area contributed by atoms with Crippen molar-refractivity contribution in [2.45, 2.75) is 58.7 Å². The highest BCUT2D eigenvalue weighted by Gasteiger charge is 2.31. The van der Waals surface area contributed by atoms with E-state index < -0.39 is 11.6 Å². The Morgan fingerprint density at radius 1 is 0.968 bits per heavy atom. The smallest absolute Gasteiger partial charge is 0.243 e. The Morgan fingerprint density at radius 2 is 1.58 bits per heavy atom. The van der Waals surface area contributed by atoms with Crippen LogP contribution in [0.5, 0.6) is 0 Å². The molecule has 0 saturated carbocycles. The average Bonchev–Trinajstić information content (AvgIpc) is 2.65. The highest BCUT2D eigenvalue weighted by molar-refractivity contribution is 6.42. The number of nitrogens with zero attached hydrogens (tertiary/aromatic N) is 1. The van der Waals surface area contributed by atoms with Gasteiger partial charge in [-0.2, -0.15) is 0 Å². The lowest BCUT2D eigenvalue weighted by atomic mass is 10.0. The van der Waals surface area contributed by atoms with E-state index in [2.05, 4.69) is 5.32 Å². The summed E-state index contributed by atoms with van der Waals surface area (Å²) in [5.41, 5.74) is 0.849. The molecular weight excluding hydrogens is 478 g/mol. The van der Waals surface area contributed by atoms with Crippen LogP contribution in [-0.4, -0.2) is 28.3 Å². The van der Waals surface area contributed by atoms with Gasteiger partial charge in [-0.3, -0.25) is 9.59 Å². The normalized spacial score (nSPS) is 12.4. The zero-order valence-electron chi connectivity index (χ0n) is 17.9. The summed E-state index contributed by atoms with van der Waals surface area (Å²) in [6.45, 7) is 7.65. The van der Waals surface area contributed by atoms with E-state index in [1.165, 1.54) is 4.90 Å². The summed E-state index contributed by atoms with van der Waals surface area (Å²) in [7, 11) is 0. The van der Waals surface area contributed by atoms with Gasteiger partial charge in [0.2, 0.25) is 11.8 Å². The molecule has 0 heterocycles. The van der Waals surface area contributed by atoms with Crippen LogP contribution in [0.25, 0.3) is 0 Å². The number of rotatable bonds is 7. The molecule has 0 spiro atoms. The molecule has 2 rings (SSSR count). The summed E-state index contributed by atoms with van der Waals surface area (Å²) >= 11 is 24.8. The molecule has 0 unspecified atom stereocenters. The van der Waals surface area contributed by atoms with Gasteiger partial charge in [0.1, 0.15) is 6.04 Å². The van der Waals surface area contributed by atoms with Crippen LogP contribution in [0.15, 0.2) is 36.4 Å². The zero-order chi connectivity index (χ0) is 23.3. The fourth-order valence-electron chi connectivity index (χ4n) is 3.15. The molecule has 31 heavy (non-hydrogen) atoms. The fraction of sp³-hybridized carbons (Fsp3) is 0.391. The fourth-order valence-corrected chi connectivity index (χ4v) is 3.99. The van der Waals surface area contributed by atoms with E-state index in [0.717, 1.165) is 0 Å². The Labute approximate surface area is 203 Å². The van der Waals surface area contributed by atoms with Crippen LogP contribution in [0.2, 0.25) is 20.1 Å². The van der Waals surface area contributed by atoms with Crippen molar-refractivity contribution in [3.8, 4) is 0 Å². The molecule has 0 fully saturated rings. The van der Waals surface area contributed by atoms with Crippen molar-refractivity contribution in [3.63, 3.8) is 0 Å². The summed E-state index contributed by atoms with van der Waals surface area (Å²) in [6, 6.07) is 9.50. The molecule has 8 heteroatoms. The number of benzene rings is 2. The van der Waals surface area contributed by atoms with Crippen molar-refractivity contribution in [2.24, 2.45) is 0 Å². The molecule has 0 aliphatic rings. The molecule has 2 aromatic carbocycles. The summed E-state index contributed by atoms with van der Waals surface area (Å²) in [4.78, 5) is 28.0. The summed E-state index contributed by atoms with van der Waals surface area (Å²) in [6.07, 6.45) is 0.482. The van der Waals surface area contributed by atoms with Crippen LogP contribution in [0, 0.1) is 0 Å². The number of nitrogens with one attached hydrogen (secondary N) is 1. The van der Waals surface area contributed by atoms with Gasteiger partial charge >= 0.3 is 0 Å². The lowest BCUT2D eigenvalue weighted by Gasteiger charge is -2.33. The molecular formula is C23H26Cl4N2O2. The van der Waals surface area contributed by atoms with Crippen LogP contribution in [-0.2, 0) is 22.6 Å². The molecule has 0 radical (unpaired) electrons. The largest absolute Gasteiger partial charge is 0.350 e. The first kappa shape index (κ1) is 25.8. The average molecular weight is 504 g/mol. The predicted molar refractivity (Wildman–Crippen MR) is 129 cm³/mol. The number of halogens is 4. The zero-order valence-corrected chi connectivity index (χ0v) is 21.0. The van der Waals surface area contributed by atoms with Gasteiger partial charge in [0.05, 0.1) is 16.5 Å². The third-order valence-corrected chi connectivity index (χ3v) is 6.06. The summed E-state index contributed by atoms with van der Waals surface area (Å²) in [5, 5.41) is 4.61. The number of hydrogen-bond acceptors (Lipinski definition) is 2. The minimum atomic E-state index is -0.693. The van der Waals surface area contributed by atoms with Crippen molar-refractivity contribution in [2.75, 3.05) is 0 Å². The monoisotopic (exact) mass is 502 g/mol. The first-order valence-corrected chi connectivity index (χ1v) is 11.4. The Balaban J connectivity index is 2.41. The Bertz CT molecular complexity index is 937. The minimum absolute atomic E-state index is 0.0538. The minimum Gasteiger partial charge on any atom is -0.350 e. The summed E-state index contributed by atoms with van der Waals surface area (Å²) < 4.78 is 0. The topological polar surface area (TPSA) is 49.4 Å².